The SMILES string of the molecule is CCCC(CS)COc1cc(Br)cc(F)c1F. The lowest BCUT2D eigenvalue weighted by atomic mass is 10.1. The third-order valence-electron chi connectivity index (χ3n) is 2.39. The monoisotopic (exact) mass is 324 g/mol. The first-order chi connectivity index (χ1) is 8.08. The van der Waals surface area contributed by atoms with Crippen molar-refractivity contribution in [2.75, 3.05) is 12.4 Å². The van der Waals surface area contributed by atoms with Crippen LogP contribution in [-0.2, 0) is 0 Å². The van der Waals surface area contributed by atoms with E-state index in [4.69, 9.17) is 4.74 Å². The number of benzene rings is 1. The summed E-state index contributed by atoms with van der Waals surface area (Å²) >= 11 is 7.31. The second-order valence-corrected chi connectivity index (χ2v) is 5.13. The van der Waals surface area contributed by atoms with E-state index in [0.29, 0.717) is 16.8 Å². The molecule has 0 aromatic heterocycles. The minimum absolute atomic E-state index is 0.0558. The van der Waals surface area contributed by atoms with Crippen LogP contribution < -0.4 is 4.74 Å². The Hall–Kier alpha value is -0.290. The molecule has 1 aromatic carbocycles. The van der Waals surface area contributed by atoms with Gasteiger partial charge in [-0.15, -0.1) is 0 Å². The van der Waals surface area contributed by atoms with Crippen LogP contribution in [0.4, 0.5) is 8.78 Å². The molecular weight excluding hydrogens is 310 g/mol. The van der Waals surface area contributed by atoms with Crippen LogP contribution in [0.2, 0.25) is 0 Å². The van der Waals surface area contributed by atoms with Crippen molar-refractivity contribution in [3.8, 4) is 5.75 Å². The molecule has 1 nitrogen and oxygen atoms in total. The van der Waals surface area contributed by atoms with E-state index in [-0.39, 0.29) is 11.7 Å². The molecule has 0 amide bonds. The van der Waals surface area contributed by atoms with Gasteiger partial charge in [0, 0.05) is 10.4 Å². The Morgan fingerprint density at radius 2 is 2.12 bits per heavy atom. The van der Waals surface area contributed by atoms with Crippen LogP contribution in [0, 0.1) is 17.6 Å². The van der Waals surface area contributed by atoms with E-state index in [0.717, 1.165) is 18.9 Å². The molecule has 1 aromatic rings. The molecule has 1 atom stereocenters. The van der Waals surface area contributed by atoms with Gasteiger partial charge in [-0.1, -0.05) is 29.3 Å². The van der Waals surface area contributed by atoms with Gasteiger partial charge in [-0.2, -0.15) is 17.0 Å². The van der Waals surface area contributed by atoms with Gasteiger partial charge in [-0.25, -0.2) is 4.39 Å². The quantitative estimate of drug-likeness (QED) is 0.600. The maximum Gasteiger partial charge on any atom is 0.200 e. The Balaban J connectivity index is 2.68. The van der Waals surface area contributed by atoms with Crippen molar-refractivity contribution >= 4 is 28.6 Å². The molecule has 1 rings (SSSR count). The summed E-state index contributed by atoms with van der Waals surface area (Å²) < 4.78 is 32.2. The van der Waals surface area contributed by atoms with Gasteiger partial charge >= 0.3 is 0 Å². The zero-order valence-corrected chi connectivity index (χ0v) is 12.0. The number of hydrogen-bond acceptors (Lipinski definition) is 2. The molecule has 0 aliphatic carbocycles. The van der Waals surface area contributed by atoms with Gasteiger partial charge in [0.05, 0.1) is 6.61 Å². The molecule has 0 bridgehead atoms. The topological polar surface area (TPSA) is 9.23 Å². The second kappa shape index (κ2) is 7.21. The van der Waals surface area contributed by atoms with Crippen LogP contribution in [0.25, 0.3) is 0 Å². The fourth-order valence-electron chi connectivity index (χ4n) is 1.48. The van der Waals surface area contributed by atoms with E-state index in [1.165, 1.54) is 6.07 Å². The molecule has 0 aliphatic heterocycles. The van der Waals surface area contributed by atoms with Crippen LogP contribution in [0.1, 0.15) is 19.8 Å². The van der Waals surface area contributed by atoms with E-state index >= 15 is 0 Å². The van der Waals surface area contributed by atoms with Crippen molar-refractivity contribution in [3.63, 3.8) is 0 Å². The van der Waals surface area contributed by atoms with Crippen molar-refractivity contribution in [2.45, 2.75) is 19.8 Å². The highest BCUT2D eigenvalue weighted by Crippen LogP contribution is 2.26. The van der Waals surface area contributed by atoms with Gasteiger partial charge in [0.15, 0.2) is 11.6 Å². The van der Waals surface area contributed by atoms with Crippen LogP contribution in [0.5, 0.6) is 5.75 Å². The minimum atomic E-state index is -0.942. The highest BCUT2D eigenvalue weighted by Gasteiger charge is 2.13. The van der Waals surface area contributed by atoms with E-state index in [1.54, 1.807) is 0 Å². The van der Waals surface area contributed by atoms with Gasteiger partial charge in [0.1, 0.15) is 0 Å². The lowest BCUT2D eigenvalue weighted by Gasteiger charge is -2.15. The molecule has 0 aliphatic rings. The lowest BCUT2D eigenvalue weighted by Crippen LogP contribution is -2.14. The van der Waals surface area contributed by atoms with Crippen molar-refractivity contribution < 1.29 is 13.5 Å². The van der Waals surface area contributed by atoms with Crippen molar-refractivity contribution in [1.29, 1.82) is 0 Å². The van der Waals surface area contributed by atoms with Gasteiger partial charge in [0.25, 0.3) is 0 Å². The molecular formula is C12H15BrF2OS. The van der Waals surface area contributed by atoms with Crippen LogP contribution in [0.3, 0.4) is 0 Å². The van der Waals surface area contributed by atoms with Gasteiger partial charge < -0.3 is 4.74 Å². The predicted molar refractivity (Wildman–Crippen MR) is 71.8 cm³/mol. The molecule has 5 heteroatoms. The molecule has 0 saturated carbocycles. The summed E-state index contributed by atoms with van der Waals surface area (Å²) in [5.74, 6) is -0.981. The normalized spacial score (nSPS) is 12.5. The van der Waals surface area contributed by atoms with E-state index < -0.39 is 11.6 Å². The zero-order chi connectivity index (χ0) is 12.8. The molecule has 1 unspecified atom stereocenters. The van der Waals surface area contributed by atoms with E-state index in [9.17, 15) is 8.78 Å². The van der Waals surface area contributed by atoms with Crippen molar-refractivity contribution in [3.05, 3.63) is 28.2 Å². The van der Waals surface area contributed by atoms with E-state index in [2.05, 4.69) is 35.5 Å². The molecule has 0 fully saturated rings. The van der Waals surface area contributed by atoms with Gasteiger partial charge in [-0.3, -0.25) is 0 Å². The summed E-state index contributed by atoms with van der Waals surface area (Å²) in [4.78, 5) is 0. The highest BCUT2D eigenvalue weighted by atomic mass is 79.9. The van der Waals surface area contributed by atoms with E-state index in [1.807, 2.05) is 0 Å². The Morgan fingerprint density at radius 1 is 1.41 bits per heavy atom. The maximum atomic E-state index is 13.4. The van der Waals surface area contributed by atoms with Gasteiger partial charge in [-0.05, 0) is 24.3 Å². The first kappa shape index (κ1) is 14.8. The molecule has 96 valence electrons. The van der Waals surface area contributed by atoms with Crippen molar-refractivity contribution in [2.24, 2.45) is 5.92 Å². The maximum absolute atomic E-state index is 13.4. The number of halogens is 3. The Bertz CT molecular complexity index is 374. The first-order valence-corrected chi connectivity index (χ1v) is 6.89. The van der Waals surface area contributed by atoms with Crippen LogP contribution in [0.15, 0.2) is 16.6 Å². The summed E-state index contributed by atoms with van der Waals surface area (Å²) in [7, 11) is 0. The molecule has 0 N–H and O–H groups in total. The van der Waals surface area contributed by atoms with Crippen LogP contribution >= 0.6 is 28.6 Å². The summed E-state index contributed by atoms with van der Waals surface area (Å²) in [6.07, 6.45) is 1.98. The summed E-state index contributed by atoms with van der Waals surface area (Å²) in [5.41, 5.74) is 0. The molecule has 0 heterocycles. The van der Waals surface area contributed by atoms with Crippen molar-refractivity contribution in [1.82, 2.24) is 0 Å². The Kier molecular flexibility index (Phi) is 6.27. The lowest BCUT2D eigenvalue weighted by molar-refractivity contribution is 0.241. The number of ether oxygens (including phenoxy) is 1. The summed E-state index contributed by atoms with van der Waals surface area (Å²) in [6, 6.07) is 2.50. The van der Waals surface area contributed by atoms with Crippen LogP contribution in [-0.4, -0.2) is 12.4 Å². The summed E-state index contributed by atoms with van der Waals surface area (Å²) in [6.45, 7) is 2.42. The average Bonchev–Trinajstić information content (AvgIpc) is 2.30. The Morgan fingerprint density at radius 3 is 2.71 bits per heavy atom. The predicted octanol–water partition coefficient (Wildman–Crippen LogP) is 4.45. The smallest absolute Gasteiger partial charge is 0.200 e. The fourth-order valence-corrected chi connectivity index (χ4v) is 2.18. The summed E-state index contributed by atoms with van der Waals surface area (Å²) in [5, 5.41) is 0. The third kappa shape index (κ3) is 4.47. The second-order valence-electron chi connectivity index (χ2n) is 3.85. The highest BCUT2D eigenvalue weighted by molar-refractivity contribution is 9.10. The zero-order valence-electron chi connectivity index (χ0n) is 9.55. The third-order valence-corrected chi connectivity index (χ3v) is 3.36. The Labute approximate surface area is 114 Å². The molecule has 0 saturated heterocycles. The number of rotatable bonds is 6. The molecule has 0 spiro atoms. The fraction of sp³-hybridized carbons (Fsp3) is 0.500. The molecule has 17 heavy (non-hydrogen) atoms. The first-order valence-electron chi connectivity index (χ1n) is 5.46. The average molecular weight is 325 g/mol. The molecule has 0 radical (unpaired) electrons. The number of thiol groups is 1. The van der Waals surface area contributed by atoms with Gasteiger partial charge in [0.2, 0.25) is 5.82 Å². The largest absolute Gasteiger partial charge is 0.490 e. The number of hydrogen-bond donors (Lipinski definition) is 1. The minimum Gasteiger partial charge on any atom is -0.490 e. The standard InChI is InChI=1S/C12H15BrF2OS/c1-2-3-8(7-17)6-16-11-5-9(13)4-10(14)12(11)15/h4-5,8,17H,2-3,6-7H2,1H3.